The molecule has 9 nitrogen and oxygen atoms in total. The first kappa shape index (κ1) is 24.2. The standard InChI is InChI=1S/C25H28FN5O4/c1-34-24-17(26)6-2-7-18(24)30-23-20-21(15(5-3-11-32)13-29-25(20)33)31-22(23)16-8-10-28-14-19(16)35-12-4-9-27/h2,6-8,10-11,14-15,30-31H,3-5,9,12-13,27H2,1H3,(H,29,33). The molecule has 5 N–H and O–H groups in total. The molecule has 1 atom stereocenters. The molecule has 1 unspecified atom stereocenters. The smallest absolute Gasteiger partial charge is 0.255 e. The zero-order valence-corrected chi connectivity index (χ0v) is 19.4. The SMILES string of the molecule is COc1c(F)cccc1Nc1c(-c2ccncc2OCCCN)[nH]c2c1C(=O)NCC2CCC=O. The third kappa shape index (κ3) is 4.97. The molecule has 0 bridgehead atoms. The molecule has 3 aromatic rings. The van der Waals surface area contributed by atoms with E-state index in [1.165, 1.54) is 13.2 Å². The van der Waals surface area contributed by atoms with Crippen LogP contribution in [-0.2, 0) is 4.79 Å². The fourth-order valence-electron chi connectivity index (χ4n) is 4.23. The van der Waals surface area contributed by atoms with Gasteiger partial charge in [0.2, 0.25) is 0 Å². The molecule has 0 radical (unpaired) electrons. The Hall–Kier alpha value is -3.92. The highest BCUT2D eigenvalue weighted by atomic mass is 19.1. The van der Waals surface area contributed by atoms with Crippen molar-refractivity contribution in [2.24, 2.45) is 5.73 Å². The summed E-state index contributed by atoms with van der Waals surface area (Å²) in [4.78, 5) is 31.7. The van der Waals surface area contributed by atoms with Crippen molar-refractivity contribution in [3.05, 3.63) is 53.7 Å². The zero-order chi connectivity index (χ0) is 24.8. The van der Waals surface area contributed by atoms with E-state index in [4.69, 9.17) is 15.2 Å². The molecular weight excluding hydrogens is 453 g/mol. The van der Waals surface area contributed by atoms with Crippen molar-refractivity contribution in [2.45, 2.75) is 25.2 Å². The lowest BCUT2D eigenvalue weighted by Gasteiger charge is -2.23. The highest BCUT2D eigenvalue weighted by Crippen LogP contribution is 2.44. The number of amides is 1. The molecule has 10 heteroatoms. The van der Waals surface area contributed by atoms with Gasteiger partial charge in [-0.3, -0.25) is 9.78 Å². The monoisotopic (exact) mass is 481 g/mol. The number of anilines is 2. The fourth-order valence-corrected chi connectivity index (χ4v) is 4.23. The van der Waals surface area contributed by atoms with Crippen molar-refractivity contribution in [3.8, 4) is 22.8 Å². The van der Waals surface area contributed by atoms with E-state index in [0.29, 0.717) is 78.6 Å². The number of aldehydes is 1. The van der Waals surface area contributed by atoms with Crippen molar-refractivity contribution < 1.29 is 23.5 Å². The molecule has 35 heavy (non-hydrogen) atoms. The molecule has 1 aliphatic rings. The maximum absolute atomic E-state index is 14.4. The number of H-pyrrole nitrogens is 1. The predicted octanol–water partition coefficient (Wildman–Crippen LogP) is 3.50. The average molecular weight is 482 g/mol. The summed E-state index contributed by atoms with van der Waals surface area (Å²) in [6.45, 7) is 1.29. The van der Waals surface area contributed by atoms with E-state index in [9.17, 15) is 14.0 Å². The lowest BCUT2D eigenvalue weighted by Crippen LogP contribution is -2.35. The Morgan fingerprint density at radius 1 is 1.34 bits per heavy atom. The van der Waals surface area contributed by atoms with Crippen molar-refractivity contribution in [1.29, 1.82) is 0 Å². The van der Waals surface area contributed by atoms with Gasteiger partial charge >= 0.3 is 0 Å². The minimum Gasteiger partial charge on any atom is -0.492 e. The van der Waals surface area contributed by atoms with Crippen LogP contribution >= 0.6 is 0 Å². The van der Waals surface area contributed by atoms with Crippen LogP contribution in [0, 0.1) is 5.82 Å². The maximum atomic E-state index is 14.4. The number of pyridine rings is 1. The van der Waals surface area contributed by atoms with Gasteiger partial charge in [0.15, 0.2) is 11.6 Å². The van der Waals surface area contributed by atoms with Crippen molar-refractivity contribution >= 4 is 23.6 Å². The largest absolute Gasteiger partial charge is 0.492 e. The summed E-state index contributed by atoms with van der Waals surface area (Å²) in [6, 6.07) is 6.30. The average Bonchev–Trinajstić information content (AvgIpc) is 3.24. The number of nitrogens with two attached hydrogens (primary N) is 1. The molecule has 184 valence electrons. The number of para-hydroxylation sites is 1. The number of halogens is 1. The van der Waals surface area contributed by atoms with Gasteiger partial charge in [0, 0.05) is 36.3 Å². The molecule has 1 amide bonds. The van der Waals surface area contributed by atoms with Gasteiger partial charge in [-0.1, -0.05) is 6.07 Å². The number of nitrogens with one attached hydrogen (secondary N) is 3. The molecule has 0 saturated carbocycles. The van der Waals surface area contributed by atoms with E-state index in [-0.39, 0.29) is 17.6 Å². The van der Waals surface area contributed by atoms with E-state index < -0.39 is 5.82 Å². The van der Waals surface area contributed by atoms with Crippen LogP contribution in [-0.4, -0.2) is 49.0 Å². The number of nitrogens with zero attached hydrogens (tertiary/aromatic N) is 1. The summed E-state index contributed by atoms with van der Waals surface area (Å²) in [5, 5.41) is 6.13. The van der Waals surface area contributed by atoms with Gasteiger partial charge in [0.25, 0.3) is 5.91 Å². The molecule has 2 aromatic heterocycles. The molecule has 0 aliphatic carbocycles. The topological polar surface area (TPSA) is 131 Å². The summed E-state index contributed by atoms with van der Waals surface area (Å²) in [7, 11) is 1.38. The molecule has 3 heterocycles. The van der Waals surface area contributed by atoms with Gasteiger partial charge in [0.1, 0.15) is 12.0 Å². The van der Waals surface area contributed by atoms with Crippen LogP contribution in [0.3, 0.4) is 0 Å². The number of aromatic amines is 1. The Bertz CT molecular complexity index is 1210. The van der Waals surface area contributed by atoms with E-state index in [0.717, 1.165) is 6.29 Å². The van der Waals surface area contributed by atoms with Crippen LogP contribution < -0.4 is 25.8 Å². The maximum Gasteiger partial charge on any atom is 0.255 e. The number of hydrogen-bond donors (Lipinski definition) is 4. The zero-order valence-electron chi connectivity index (χ0n) is 19.4. The van der Waals surface area contributed by atoms with Gasteiger partial charge in [-0.2, -0.15) is 0 Å². The molecule has 1 aliphatic heterocycles. The molecule has 0 fully saturated rings. The van der Waals surface area contributed by atoms with Gasteiger partial charge in [-0.25, -0.2) is 4.39 Å². The van der Waals surface area contributed by atoms with Crippen LogP contribution in [0.5, 0.6) is 11.5 Å². The van der Waals surface area contributed by atoms with E-state index in [1.807, 2.05) is 0 Å². The number of rotatable bonds is 11. The second-order valence-corrected chi connectivity index (χ2v) is 8.12. The summed E-state index contributed by atoms with van der Waals surface area (Å²) >= 11 is 0. The van der Waals surface area contributed by atoms with E-state index >= 15 is 0 Å². The van der Waals surface area contributed by atoms with Crippen molar-refractivity contribution in [3.63, 3.8) is 0 Å². The first-order valence-electron chi connectivity index (χ1n) is 11.4. The molecule has 4 rings (SSSR count). The number of carbonyl (C=O) groups excluding carboxylic acids is 2. The predicted molar refractivity (Wildman–Crippen MR) is 130 cm³/mol. The number of ether oxygens (including phenoxy) is 2. The summed E-state index contributed by atoms with van der Waals surface area (Å²) in [5.41, 5.74) is 8.77. The molecular formula is C25H28FN5O4. The third-order valence-electron chi connectivity index (χ3n) is 5.90. The first-order chi connectivity index (χ1) is 17.1. The van der Waals surface area contributed by atoms with Gasteiger partial charge in [0.05, 0.1) is 42.5 Å². The summed E-state index contributed by atoms with van der Waals surface area (Å²) in [6.07, 6.45) is 5.68. The Morgan fingerprint density at radius 2 is 2.20 bits per heavy atom. The number of fused-ring (bicyclic) bond motifs is 1. The van der Waals surface area contributed by atoms with Crippen LogP contribution in [0.25, 0.3) is 11.3 Å². The third-order valence-corrected chi connectivity index (χ3v) is 5.90. The number of hydrogen-bond acceptors (Lipinski definition) is 7. The van der Waals surface area contributed by atoms with E-state index in [1.54, 1.807) is 30.6 Å². The Kier molecular flexibility index (Phi) is 7.61. The van der Waals surface area contributed by atoms with Crippen LogP contribution in [0.1, 0.15) is 41.2 Å². The van der Waals surface area contributed by atoms with Crippen molar-refractivity contribution in [1.82, 2.24) is 15.3 Å². The minimum atomic E-state index is -0.536. The lowest BCUT2D eigenvalue weighted by atomic mass is 9.92. The second kappa shape index (κ2) is 11.0. The minimum absolute atomic E-state index is 0.0243. The Balaban J connectivity index is 1.88. The Labute approximate surface area is 202 Å². The quantitative estimate of drug-likeness (QED) is 0.243. The summed E-state index contributed by atoms with van der Waals surface area (Å²) in [5.74, 6) is -0.371. The molecule has 0 saturated heterocycles. The molecule has 0 spiro atoms. The fraction of sp³-hybridized carbons (Fsp3) is 0.320. The van der Waals surface area contributed by atoms with Crippen LogP contribution in [0.4, 0.5) is 15.8 Å². The van der Waals surface area contributed by atoms with E-state index in [2.05, 4.69) is 20.6 Å². The highest BCUT2D eigenvalue weighted by Gasteiger charge is 2.33. The van der Waals surface area contributed by atoms with Crippen LogP contribution in [0.2, 0.25) is 0 Å². The Morgan fingerprint density at radius 3 is 2.97 bits per heavy atom. The van der Waals surface area contributed by atoms with Gasteiger partial charge in [-0.05, 0) is 37.6 Å². The number of aromatic nitrogens is 2. The van der Waals surface area contributed by atoms with Gasteiger partial charge in [-0.15, -0.1) is 0 Å². The second-order valence-electron chi connectivity index (χ2n) is 8.12. The van der Waals surface area contributed by atoms with Gasteiger partial charge < -0.3 is 35.6 Å². The normalized spacial score (nSPS) is 14.7. The summed E-state index contributed by atoms with van der Waals surface area (Å²) < 4.78 is 25.6. The number of benzene rings is 1. The highest BCUT2D eigenvalue weighted by molar-refractivity contribution is 6.07. The van der Waals surface area contributed by atoms with Crippen LogP contribution in [0.15, 0.2) is 36.7 Å². The number of methoxy groups -OCH3 is 1. The molecule has 1 aromatic carbocycles. The first-order valence-corrected chi connectivity index (χ1v) is 11.4. The number of carbonyl (C=O) groups is 2. The van der Waals surface area contributed by atoms with Crippen molar-refractivity contribution in [2.75, 3.05) is 32.1 Å². The lowest BCUT2D eigenvalue weighted by molar-refractivity contribution is -0.108.